The smallest absolute Gasteiger partial charge is 0.0551 e. The molecule has 0 aliphatic carbocycles. The average Bonchev–Trinajstić information content (AvgIpc) is 1.99. The summed E-state index contributed by atoms with van der Waals surface area (Å²) < 4.78 is 0.911. The fourth-order valence-corrected chi connectivity index (χ4v) is 2.10. The molecular formula is C8H7BrCl2. The maximum Gasteiger partial charge on any atom is 0.0551 e. The third kappa shape index (κ3) is 1.90. The summed E-state index contributed by atoms with van der Waals surface area (Å²) in [6, 6.07) is 3.60. The second kappa shape index (κ2) is 3.79. The van der Waals surface area contributed by atoms with Crippen molar-refractivity contribution in [3.05, 3.63) is 32.2 Å². The highest BCUT2D eigenvalue weighted by Crippen LogP contribution is 2.31. The Balaban J connectivity index is 3.29. The molecule has 60 valence electrons. The van der Waals surface area contributed by atoms with E-state index in [2.05, 4.69) is 15.9 Å². The molecule has 0 amide bonds. The van der Waals surface area contributed by atoms with Gasteiger partial charge in [-0.1, -0.05) is 30.1 Å². The van der Waals surface area contributed by atoms with E-state index in [-0.39, 0.29) is 0 Å². The highest BCUT2D eigenvalue weighted by Gasteiger charge is 2.05. The van der Waals surface area contributed by atoms with Gasteiger partial charge in [0, 0.05) is 9.50 Å². The summed E-state index contributed by atoms with van der Waals surface area (Å²) in [5.41, 5.74) is 1.07. The van der Waals surface area contributed by atoms with Gasteiger partial charge in [-0.05, 0) is 40.0 Å². The number of hydrogen-bond donors (Lipinski definition) is 0. The monoisotopic (exact) mass is 252 g/mol. The summed E-state index contributed by atoms with van der Waals surface area (Å²) >= 11 is 15.1. The SMILES string of the molecule is CCc1c(Cl)ccc(Cl)c1Br. The van der Waals surface area contributed by atoms with E-state index in [1.807, 2.05) is 13.0 Å². The lowest BCUT2D eigenvalue weighted by atomic mass is 10.2. The van der Waals surface area contributed by atoms with Crippen LogP contribution in [0.1, 0.15) is 12.5 Å². The minimum absolute atomic E-state index is 0.714. The Morgan fingerprint density at radius 1 is 1.27 bits per heavy atom. The van der Waals surface area contributed by atoms with Crippen molar-refractivity contribution >= 4 is 39.1 Å². The van der Waals surface area contributed by atoms with Gasteiger partial charge in [-0.2, -0.15) is 0 Å². The van der Waals surface area contributed by atoms with Crippen LogP contribution in [0.5, 0.6) is 0 Å². The van der Waals surface area contributed by atoms with Crippen LogP contribution in [-0.4, -0.2) is 0 Å². The molecule has 0 aliphatic rings. The van der Waals surface area contributed by atoms with Gasteiger partial charge in [0.2, 0.25) is 0 Å². The third-order valence-corrected chi connectivity index (χ3v) is 3.30. The van der Waals surface area contributed by atoms with Crippen molar-refractivity contribution in [2.24, 2.45) is 0 Å². The first-order valence-corrected chi connectivity index (χ1v) is 4.84. The van der Waals surface area contributed by atoms with Gasteiger partial charge in [0.15, 0.2) is 0 Å². The van der Waals surface area contributed by atoms with Gasteiger partial charge in [0.25, 0.3) is 0 Å². The minimum Gasteiger partial charge on any atom is -0.0840 e. The molecule has 1 aromatic rings. The molecule has 3 heteroatoms. The zero-order chi connectivity index (χ0) is 8.43. The van der Waals surface area contributed by atoms with E-state index in [0.29, 0.717) is 5.02 Å². The lowest BCUT2D eigenvalue weighted by Gasteiger charge is -2.04. The molecule has 0 radical (unpaired) electrons. The van der Waals surface area contributed by atoms with Crippen LogP contribution in [0.25, 0.3) is 0 Å². The average molecular weight is 254 g/mol. The largest absolute Gasteiger partial charge is 0.0840 e. The quantitative estimate of drug-likeness (QED) is 0.654. The molecule has 0 bridgehead atoms. The second-order valence-electron chi connectivity index (χ2n) is 2.18. The molecule has 1 rings (SSSR count). The van der Waals surface area contributed by atoms with E-state index in [9.17, 15) is 0 Å². The number of benzene rings is 1. The zero-order valence-corrected chi connectivity index (χ0v) is 9.09. The van der Waals surface area contributed by atoms with Crippen molar-refractivity contribution in [2.45, 2.75) is 13.3 Å². The Morgan fingerprint density at radius 2 is 1.82 bits per heavy atom. The summed E-state index contributed by atoms with van der Waals surface area (Å²) in [5.74, 6) is 0. The predicted molar refractivity (Wildman–Crippen MR) is 53.5 cm³/mol. The molecule has 0 aromatic heterocycles. The van der Waals surface area contributed by atoms with E-state index in [4.69, 9.17) is 23.2 Å². The summed E-state index contributed by atoms with van der Waals surface area (Å²) in [6.45, 7) is 2.04. The Hall–Kier alpha value is 0.280. The van der Waals surface area contributed by atoms with Crippen LogP contribution in [0.15, 0.2) is 16.6 Å². The first-order valence-electron chi connectivity index (χ1n) is 3.29. The van der Waals surface area contributed by atoms with Crippen LogP contribution < -0.4 is 0 Å². The standard InChI is InChI=1S/C8H7BrCl2/c1-2-5-6(10)3-4-7(11)8(5)9/h3-4H,2H2,1H3. The maximum atomic E-state index is 5.91. The van der Waals surface area contributed by atoms with Crippen molar-refractivity contribution in [3.8, 4) is 0 Å². The van der Waals surface area contributed by atoms with Crippen LogP contribution in [0.2, 0.25) is 10.0 Å². The van der Waals surface area contributed by atoms with Crippen LogP contribution in [0.3, 0.4) is 0 Å². The molecule has 0 spiro atoms. The Bertz CT molecular complexity index is 271. The molecule has 0 saturated carbocycles. The minimum atomic E-state index is 0.714. The van der Waals surface area contributed by atoms with Crippen molar-refractivity contribution < 1.29 is 0 Å². The molecule has 0 fully saturated rings. The molecular weight excluding hydrogens is 247 g/mol. The molecule has 0 N–H and O–H groups in total. The van der Waals surface area contributed by atoms with Crippen molar-refractivity contribution in [1.29, 1.82) is 0 Å². The van der Waals surface area contributed by atoms with Gasteiger partial charge >= 0.3 is 0 Å². The van der Waals surface area contributed by atoms with Gasteiger partial charge in [-0.15, -0.1) is 0 Å². The molecule has 11 heavy (non-hydrogen) atoms. The van der Waals surface area contributed by atoms with Crippen LogP contribution in [0.4, 0.5) is 0 Å². The highest BCUT2D eigenvalue weighted by molar-refractivity contribution is 9.10. The summed E-state index contributed by atoms with van der Waals surface area (Å²) in [5, 5.41) is 1.48. The Labute approximate surface area is 84.6 Å². The highest BCUT2D eigenvalue weighted by atomic mass is 79.9. The maximum absolute atomic E-state index is 5.91. The summed E-state index contributed by atoms with van der Waals surface area (Å²) in [6.07, 6.45) is 0.889. The molecule has 0 saturated heterocycles. The molecule has 0 atom stereocenters. The first-order chi connectivity index (χ1) is 5.16. The van der Waals surface area contributed by atoms with Crippen LogP contribution in [-0.2, 0) is 6.42 Å². The van der Waals surface area contributed by atoms with E-state index >= 15 is 0 Å². The molecule has 1 aromatic carbocycles. The van der Waals surface area contributed by atoms with E-state index in [1.165, 1.54) is 0 Å². The van der Waals surface area contributed by atoms with Gasteiger partial charge < -0.3 is 0 Å². The van der Waals surface area contributed by atoms with Crippen molar-refractivity contribution in [1.82, 2.24) is 0 Å². The van der Waals surface area contributed by atoms with Crippen molar-refractivity contribution in [2.75, 3.05) is 0 Å². The predicted octanol–water partition coefficient (Wildman–Crippen LogP) is 4.32. The van der Waals surface area contributed by atoms with Crippen LogP contribution in [0, 0.1) is 0 Å². The summed E-state index contributed by atoms with van der Waals surface area (Å²) in [7, 11) is 0. The zero-order valence-electron chi connectivity index (χ0n) is 6.00. The second-order valence-corrected chi connectivity index (χ2v) is 3.78. The first kappa shape index (κ1) is 9.37. The molecule has 0 aliphatic heterocycles. The fraction of sp³-hybridized carbons (Fsp3) is 0.250. The Kier molecular flexibility index (Phi) is 3.23. The van der Waals surface area contributed by atoms with Gasteiger partial charge in [0.1, 0.15) is 0 Å². The third-order valence-electron chi connectivity index (χ3n) is 1.49. The van der Waals surface area contributed by atoms with Gasteiger partial charge in [-0.3, -0.25) is 0 Å². The van der Waals surface area contributed by atoms with Crippen molar-refractivity contribution in [3.63, 3.8) is 0 Å². The van der Waals surface area contributed by atoms with Gasteiger partial charge in [0.05, 0.1) is 5.02 Å². The Morgan fingerprint density at radius 3 is 2.27 bits per heavy atom. The normalized spacial score (nSPS) is 10.2. The lowest BCUT2D eigenvalue weighted by Crippen LogP contribution is -1.84. The van der Waals surface area contributed by atoms with Crippen LogP contribution >= 0.6 is 39.1 Å². The molecule has 0 unspecified atom stereocenters. The van der Waals surface area contributed by atoms with Gasteiger partial charge in [-0.25, -0.2) is 0 Å². The number of halogens is 3. The topological polar surface area (TPSA) is 0 Å². The molecule has 0 heterocycles. The lowest BCUT2D eigenvalue weighted by molar-refractivity contribution is 1.13. The van der Waals surface area contributed by atoms with E-state index in [1.54, 1.807) is 6.07 Å². The summed E-state index contributed by atoms with van der Waals surface area (Å²) in [4.78, 5) is 0. The molecule has 0 nitrogen and oxygen atoms in total. The van der Waals surface area contributed by atoms with E-state index in [0.717, 1.165) is 21.5 Å². The van der Waals surface area contributed by atoms with E-state index < -0.39 is 0 Å². The number of hydrogen-bond acceptors (Lipinski definition) is 0. The fourth-order valence-electron chi connectivity index (χ4n) is 0.893. The number of rotatable bonds is 1.